The maximum Gasteiger partial charge on any atom is 0.106 e. The van der Waals surface area contributed by atoms with Crippen molar-refractivity contribution >= 4 is 6.79 Å². The lowest BCUT2D eigenvalue weighted by Crippen LogP contribution is -2.25. The molecule has 0 aromatic rings. The van der Waals surface area contributed by atoms with Gasteiger partial charge in [-0.05, 0) is 32.2 Å². The first-order valence-corrected chi connectivity index (χ1v) is 8.56. The highest BCUT2D eigenvalue weighted by molar-refractivity contribution is 5.10. The van der Waals surface area contributed by atoms with Gasteiger partial charge in [0, 0.05) is 20.3 Å². The van der Waals surface area contributed by atoms with Crippen molar-refractivity contribution in [1.29, 1.82) is 0 Å². The maximum absolute atomic E-state index is 8.00. The van der Waals surface area contributed by atoms with E-state index in [1.165, 1.54) is 25.7 Å². The number of aliphatic hydroxyl groups excluding tert-OH is 2. The molecule has 0 radical (unpaired) electrons. The second-order valence-corrected chi connectivity index (χ2v) is 3.75. The van der Waals surface area contributed by atoms with E-state index in [1.807, 2.05) is 34.5 Å². The standard InChI is InChI=1S/C10H23N.2C2H6.C2H4.2CH4O.CH2O/c1-5-6-10(11-4)8-7-9(2)3;6*1-2/h9-11H,5-8H2,1-4H3;2*1-2H3;1-2H2;2*2H,1H3;1H2. The predicted octanol–water partition coefficient (Wildman–Crippen LogP) is 4.70. The van der Waals surface area contributed by atoms with Crippen molar-refractivity contribution in [3.05, 3.63) is 13.2 Å². The van der Waals surface area contributed by atoms with Crippen LogP contribution in [0.2, 0.25) is 0 Å². The average molecular weight is 340 g/mol. The van der Waals surface area contributed by atoms with E-state index >= 15 is 0 Å². The van der Waals surface area contributed by atoms with E-state index in [0.717, 1.165) is 26.2 Å². The molecule has 0 rings (SSSR count). The lowest BCUT2D eigenvalue weighted by molar-refractivity contribution is -0.0979. The van der Waals surface area contributed by atoms with Gasteiger partial charge in [-0.15, -0.1) is 13.2 Å². The topological polar surface area (TPSA) is 69.6 Å². The minimum atomic E-state index is 0.752. The van der Waals surface area contributed by atoms with Gasteiger partial charge in [0.25, 0.3) is 0 Å². The first-order chi connectivity index (χ1) is 11.2. The zero-order valence-electron chi connectivity index (χ0n) is 17.9. The van der Waals surface area contributed by atoms with E-state index in [1.54, 1.807) is 0 Å². The molecule has 4 heteroatoms. The summed E-state index contributed by atoms with van der Waals surface area (Å²) in [6.07, 6.45) is 5.31. The molecule has 0 heterocycles. The summed E-state index contributed by atoms with van der Waals surface area (Å²) in [5.41, 5.74) is 0. The van der Waals surface area contributed by atoms with Crippen LogP contribution in [0.5, 0.6) is 0 Å². The third-order valence-electron chi connectivity index (χ3n) is 2.14. The molecule has 0 aliphatic rings. The molecule has 0 aromatic heterocycles. The van der Waals surface area contributed by atoms with Crippen LogP contribution in [0.3, 0.4) is 0 Å². The lowest BCUT2D eigenvalue weighted by Gasteiger charge is -2.15. The number of nitrogens with one attached hydrogen (secondary N) is 1. The monoisotopic (exact) mass is 339 g/mol. The summed E-state index contributed by atoms with van der Waals surface area (Å²) >= 11 is 0. The van der Waals surface area contributed by atoms with Gasteiger partial charge in [-0.25, -0.2) is 0 Å². The summed E-state index contributed by atoms with van der Waals surface area (Å²) in [7, 11) is 4.07. The Labute approximate surface area is 148 Å². The first kappa shape index (κ1) is 43.2. The molecular formula is C19H49NO3. The molecule has 0 saturated heterocycles. The fraction of sp³-hybridized carbons (Fsp3) is 0.842. The molecule has 0 aliphatic heterocycles. The molecule has 1 atom stereocenters. The molecule has 148 valence electrons. The van der Waals surface area contributed by atoms with Gasteiger partial charge in [-0.1, -0.05) is 54.9 Å². The summed E-state index contributed by atoms with van der Waals surface area (Å²) in [6, 6.07) is 0.752. The van der Waals surface area contributed by atoms with Crippen LogP contribution in [0.25, 0.3) is 0 Å². The van der Waals surface area contributed by atoms with Gasteiger partial charge in [0.15, 0.2) is 0 Å². The zero-order chi connectivity index (χ0) is 20.7. The van der Waals surface area contributed by atoms with Crippen molar-refractivity contribution in [1.82, 2.24) is 5.32 Å². The van der Waals surface area contributed by atoms with Crippen LogP contribution in [0.15, 0.2) is 13.2 Å². The Kier molecular flexibility index (Phi) is 156. The number of carbonyl (C=O) groups is 1. The maximum atomic E-state index is 8.00. The molecule has 0 spiro atoms. The molecule has 0 bridgehead atoms. The SMILES string of the molecule is C=C.C=O.CC.CC.CCCC(CCC(C)C)NC.CO.CO. The van der Waals surface area contributed by atoms with Gasteiger partial charge >= 0.3 is 0 Å². The second kappa shape index (κ2) is 82.8. The molecule has 3 N–H and O–H groups in total. The summed E-state index contributed by atoms with van der Waals surface area (Å²) in [6.45, 7) is 22.8. The van der Waals surface area contributed by atoms with Crippen molar-refractivity contribution in [3.8, 4) is 0 Å². The van der Waals surface area contributed by atoms with Crippen molar-refractivity contribution < 1.29 is 15.0 Å². The summed E-state index contributed by atoms with van der Waals surface area (Å²) < 4.78 is 0. The molecule has 0 aliphatic carbocycles. The van der Waals surface area contributed by atoms with Crippen molar-refractivity contribution in [3.63, 3.8) is 0 Å². The third kappa shape index (κ3) is 91.8. The Hall–Kier alpha value is -0.710. The van der Waals surface area contributed by atoms with Crippen LogP contribution in [-0.2, 0) is 4.79 Å². The number of aliphatic hydroxyl groups is 2. The normalized spacial score (nSPS) is 8.04. The highest BCUT2D eigenvalue weighted by Gasteiger charge is 2.04. The van der Waals surface area contributed by atoms with Crippen LogP contribution in [-0.4, -0.2) is 44.3 Å². The number of carbonyl (C=O) groups excluding carboxylic acids is 1. The highest BCUT2D eigenvalue weighted by atomic mass is 16.2. The van der Waals surface area contributed by atoms with Gasteiger partial charge in [0.2, 0.25) is 0 Å². The first-order valence-electron chi connectivity index (χ1n) is 8.56. The average Bonchev–Trinajstić information content (AvgIpc) is 2.68. The fourth-order valence-corrected chi connectivity index (χ4v) is 1.32. The van der Waals surface area contributed by atoms with E-state index in [2.05, 4.69) is 46.3 Å². The van der Waals surface area contributed by atoms with Gasteiger partial charge in [0.05, 0.1) is 0 Å². The quantitative estimate of drug-likeness (QED) is 0.614. The minimum Gasteiger partial charge on any atom is -0.400 e. The van der Waals surface area contributed by atoms with E-state index in [0.29, 0.717) is 0 Å². The van der Waals surface area contributed by atoms with Crippen LogP contribution in [0.1, 0.15) is 74.1 Å². The fourth-order valence-electron chi connectivity index (χ4n) is 1.32. The van der Waals surface area contributed by atoms with Gasteiger partial charge < -0.3 is 20.3 Å². The lowest BCUT2D eigenvalue weighted by atomic mass is 10.0. The Morgan fingerprint density at radius 2 is 1.13 bits per heavy atom. The Morgan fingerprint density at radius 3 is 1.30 bits per heavy atom. The van der Waals surface area contributed by atoms with Crippen LogP contribution in [0, 0.1) is 5.92 Å². The summed E-state index contributed by atoms with van der Waals surface area (Å²) in [5.74, 6) is 0.850. The third-order valence-corrected chi connectivity index (χ3v) is 2.14. The molecule has 0 aromatic carbocycles. The second-order valence-electron chi connectivity index (χ2n) is 3.75. The highest BCUT2D eigenvalue weighted by Crippen LogP contribution is 2.09. The molecule has 1 unspecified atom stereocenters. The van der Waals surface area contributed by atoms with Crippen molar-refractivity contribution in [2.45, 2.75) is 80.2 Å². The molecule has 0 saturated carbocycles. The van der Waals surface area contributed by atoms with Gasteiger partial charge in [-0.2, -0.15) is 0 Å². The summed E-state index contributed by atoms with van der Waals surface area (Å²) in [5, 5.41) is 17.4. The smallest absolute Gasteiger partial charge is 0.106 e. The minimum absolute atomic E-state index is 0.752. The van der Waals surface area contributed by atoms with Crippen LogP contribution in [0.4, 0.5) is 0 Å². The number of rotatable bonds is 6. The van der Waals surface area contributed by atoms with Crippen molar-refractivity contribution in [2.75, 3.05) is 21.3 Å². The molecule has 0 fully saturated rings. The van der Waals surface area contributed by atoms with Gasteiger partial charge in [-0.3, -0.25) is 0 Å². The van der Waals surface area contributed by atoms with E-state index < -0.39 is 0 Å². The van der Waals surface area contributed by atoms with Gasteiger partial charge in [0.1, 0.15) is 6.79 Å². The van der Waals surface area contributed by atoms with Crippen molar-refractivity contribution in [2.24, 2.45) is 5.92 Å². The number of hydrogen-bond donors (Lipinski definition) is 3. The summed E-state index contributed by atoms with van der Waals surface area (Å²) in [4.78, 5) is 8.00. The van der Waals surface area contributed by atoms with Crippen LogP contribution >= 0.6 is 0 Å². The zero-order valence-corrected chi connectivity index (χ0v) is 17.9. The molecular weight excluding hydrogens is 290 g/mol. The molecule has 0 amide bonds. The van der Waals surface area contributed by atoms with E-state index in [-0.39, 0.29) is 0 Å². The molecule has 23 heavy (non-hydrogen) atoms. The largest absolute Gasteiger partial charge is 0.400 e. The van der Waals surface area contributed by atoms with E-state index in [4.69, 9.17) is 15.0 Å². The van der Waals surface area contributed by atoms with Crippen LogP contribution < -0.4 is 5.32 Å². The Balaban J connectivity index is -0.0000000358. The number of hydrogen-bond acceptors (Lipinski definition) is 4. The predicted molar refractivity (Wildman–Crippen MR) is 109 cm³/mol. The van der Waals surface area contributed by atoms with E-state index in [9.17, 15) is 0 Å². The Morgan fingerprint density at radius 1 is 0.826 bits per heavy atom. The molecule has 4 nitrogen and oxygen atoms in total. The Bertz CT molecular complexity index is 111.